The van der Waals surface area contributed by atoms with E-state index in [1.807, 2.05) is 0 Å². The van der Waals surface area contributed by atoms with E-state index in [9.17, 15) is 0 Å². The van der Waals surface area contributed by atoms with Crippen molar-refractivity contribution in [2.75, 3.05) is 6.67 Å². The number of nitrogens with zero attached hydrogens (tertiary/aromatic N) is 3. The van der Waals surface area contributed by atoms with Gasteiger partial charge in [0.1, 0.15) is 5.70 Å². The van der Waals surface area contributed by atoms with Crippen LogP contribution in [0, 0.1) is 75.2 Å². The molecule has 1 unspecified atom stereocenters. The molecule has 2 aromatic rings. The predicted octanol–water partition coefficient (Wildman–Crippen LogP) is 8.65. The fourth-order valence-electron chi connectivity index (χ4n) is 5.81. The van der Waals surface area contributed by atoms with Crippen molar-refractivity contribution in [3.8, 4) is 0 Å². The highest BCUT2D eigenvalue weighted by Crippen LogP contribution is 2.36. The topological polar surface area (TPSA) is 18.4 Å². The summed E-state index contributed by atoms with van der Waals surface area (Å²) in [6, 6.07) is 0. The number of rotatable bonds is 5. The number of hydrogen-bond acceptors (Lipinski definition) is 1. The van der Waals surface area contributed by atoms with Crippen LogP contribution in [0.25, 0.3) is 0 Å². The summed E-state index contributed by atoms with van der Waals surface area (Å²) in [5.74, 6) is 0.373. The lowest BCUT2D eigenvalue weighted by molar-refractivity contribution is -0.654. The molecule has 0 aliphatic carbocycles. The second-order valence-corrected chi connectivity index (χ2v) is 11.6. The fourth-order valence-corrected chi connectivity index (χ4v) is 5.81. The minimum Gasteiger partial charge on any atom is -0.254 e. The highest BCUT2D eigenvalue weighted by Gasteiger charge is 2.33. The van der Waals surface area contributed by atoms with Gasteiger partial charge in [0.25, 0.3) is 0 Å². The molecule has 0 saturated carbocycles. The maximum Gasteiger partial charge on any atom is 0.344 e. The molecule has 3 heteroatoms. The molecule has 37 heavy (non-hydrogen) atoms. The van der Waals surface area contributed by atoms with E-state index >= 15 is 0 Å². The summed E-state index contributed by atoms with van der Waals surface area (Å²) in [6.07, 6.45) is 2.09. The maximum absolute atomic E-state index is 4.92. The van der Waals surface area contributed by atoms with Crippen LogP contribution >= 0.6 is 0 Å². The molecular formula is C34H49N3+2. The van der Waals surface area contributed by atoms with Crippen LogP contribution in [0.2, 0.25) is 0 Å². The van der Waals surface area contributed by atoms with Crippen LogP contribution in [-0.4, -0.2) is 33.5 Å². The lowest BCUT2D eigenvalue weighted by Crippen LogP contribution is -2.29. The van der Waals surface area contributed by atoms with Crippen LogP contribution in [0.5, 0.6) is 0 Å². The first-order chi connectivity index (χ1) is 17.1. The van der Waals surface area contributed by atoms with Gasteiger partial charge in [-0.05, 0) is 115 Å². The lowest BCUT2D eigenvalue weighted by atomic mass is 9.92. The second-order valence-electron chi connectivity index (χ2n) is 11.6. The summed E-state index contributed by atoms with van der Waals surface area (Å²) in [5, 5.41) is 0. The van der Waals surface area contributed by atoms with Gasteiger partial charge in [-0.25, -0.2) is 0 Å². The molecule has 1 aliphatic heterocycles. The molecule has 3 nitrogen and oxygen atoms in total. The fraction of sp³-hybridized carbons (Fsp3) is 0.500. The molecule has 0 amide bonds. The van der Waals surface area contributed by atoms with Crippen molar-refractivity contribution in [2.24, 2.45) is 10.9 Å². The van der Waals surface area contributed by atoms with Crippen molar-refractivity contribution >= 4 is 29.0 Å². The first-order valence-corrected chi connectivity index (χ1v) is 13.7. The van der Waals surface area contributed by atoms with Crippen LogP contribution in [0.3, 0.4) is 0 Å². The van der Waals surface area contributed by atoms with Gasteiger partial charge in [-0.1, -0.05) is 6.92 Å². The minimum atomic E-state index is 0.373. The van der Waals surface area contributed by atoms with E-state index in [0.29, 0.717) is 5.92 Å². The van der Waals surface area contributed by atoms with Crippen molar-refractivity contribution in [1.82, 2.24) is 0 Å². The van der Waals surface area contributed by atoms with Gasteiger partial charge < -0.3 is 0 Å². The summed E-state index contributed by atoms with van der Waals surface area (Å²) < 4.78 is 5.06. The third-order valence-corrected chi connectivity index (χ3v) is 9.51. The first kappa shape index (κ1) is 28.8. The van der Waals surface area contributed by atoms with E-state index in [0.717, 1.165) is 12.4 Å². The largest absolute Gasteiger partial charge is 0.344 e. The van der Waals surface area contributed by atoms with Gasteiger partial charge in [0.15, 0.2) is 5.71 Å². The normalized spacial score (nSPS) is 16.0. The first-order valence-electron chi connectivity index (χ1n) is 13.7. The summed E-state index contributed by atoms with van der Waals surface area (Å²) in [4.78, 5) is 4.92. The highest BCUT2D eigenvalue weighted by molar-refractivity contribution is 5.99. The van der Waals surface area contributed by atoms with Crippen LogP contribution < -0.4 is 0 Å². The van der Waals surface area contributed by atoms with Gasteiger partial charge in [-0.2, -0.15) is 0 Å². The van der Waals surface area contributed by atoms with E-state index in [1.54, 1.807) is 0 Å². The third-order valence-electron chi connectivity index (χ3n) is 9.51. The van der Waals surface area contributed by atoms with E-state index in [4.69, 9.17) is 4.99 Å². The molecule has 0 aromatic heterocycles. The van der Waals surface area contributed by atoms with Crippen molar-refractivity contribution in [1.29, 1.82) is 0 Å². The molecule has 0 saturated heterocycles. The Bertz CT molecular complexity index is 1360. The van der Waals surface area contributed by atoms with Crippen LogP contribution in [0.4, 0.5) is 11.4 Å². The number of benzene rings is 2. The third kappa shape index (κ3) is 4.78. The molecule has 0 fully saturated rings. The Kier molecular flexibility index (Phi) is 8.17. The molecule has 0 spiro atoms. The SMILES string of the molecule is CC1=C(/C(C)=[N+](\C[N+](=C(C)C)c2c(C)c(C)c(C)c(C)c2C)c2c(C)c(C)c(C)c(C)c2C)N=CC1C. The van der Waals surface area contributed by atoms with Crippen molar-refractivity contribution in [3.05, 3.63) is 66.9 Å². The molecule has 1 atom stereocenters. The average molecular weight is 500 g/mol. The maximum atomic E-state index is 4.92. The van der Waals surface area contributed by atoms with E-state index in [2.05, 4.69) is 119 Å². The Morgan fingerprint density at radius 3 is 1.27 bits per heavy atom. The second kappa shape index (κ2) is 10.5. The minimum absolute atomic E-state index is 0.373. The number of allylic oxidation sites excluding steroid dienone is 2. The van der Waals surface area contributed by atoms with Crippen molar-refractivity contribution in [2.45, 2.75) is 104 Å². The summed E-state index contributed by atoms with van der Waals surface area (Å²) >= 11 is 0. The summed E-state index contributed by atoms with van der Waals surface area (Å²) in [7, 11) is 0. The smallest absolute Gasteiger partial charge is 0.254 e. The van der Waals surface area contributed by atoms with Gasteiger partial charge in [-0.15, -0.1) is 9.15 Å². The molecule has 198 valence electrons. The van der Waals surface area contributed by atoms with Crippen molar-refractivity contribution < 1.29 is 9.15 Å². The molecule has 0 radical (unpaired) electrons. The van der Waals surface area contributed by atoms with Gasteiger partial charge in [-0.3, -0.25) is 4.99 Å². The standard InChI is InChI=1S/C34H49N3/c1-18(2)36(33-27(11)23(7)21(5)24(8)28(33)12)17-37(31(15)32-20(4)19(3)16-35-32)34-29(13)25(9)22(6)26(10)30(34)14/h16,19H,17H2,1-15H3/q+2/b37-31+. The van der Waals surface area contributed by atoms with Crippen LogP contribution in [-0.2, 0) is 0 Å². The quantitative estimate of drug-likeness (QED) is 0.223. The van der Waals surface area contributed by atoms with Gasteiger partial charge >= 0.3 is 6.67 Å². The zero-order valence-electron chi connectivity index (χ0n) is 26.2. The Balaban J connectivity index is 2.44. The lowest BCUT2D eigenvalue weighted by Gasteiger charge is -2.20. The average Bonchev–Trinajstić information content (AvgIpc) is 3.19. The highest BCUT2D eigenvalue weighted by atomic mass is 15.2. The Hall–Kier alpha value is -2.81. The van der Waals surface area contributed by atoms with E-state index in [-0.39, 0.29) is 0 Å². The summed E-state index contributed by atoms with van der Waals surface area (Å²) in [5.41, 5.74) is 21.4. The van der Waals surface area contributed by atoms with Crippen LogP contribution in [0.15, 0.2) is 16.3 Å². The molecule has 2 aromatic carbocycles. The molecule has 3 rings (SSSR count). The van der Waals surface area contributed by atoms with Crippen LogP contribution in [0.1, 0.15) is 90.3 Å². The molecule has 0 N–H and O–H groups in total. The Morgan fingerprint density at radius 2 is 0.946 bits per heavy atom. The summed E-state index contributed by atoms with van der Waals surface area (Å²) in [6.45, 7) is 34.7. The zero-order chi connectivity index (χ0) is 28.1. The molecular weight excluding hydrogens is 450 g/mol. The Morgan fingerprint density at radius 1 is 0.595 bits per heavy atom. The molecule has 0 bridgehead atoms. The number of hydrogen-bond donors (Lipinski definition) is 0. The van der Waals surface area contributed by atoms with Gasteiger partial charge in [0.05, 0.1) is 0 Å². The van der Waals surface area contributed by atoms with Crippen molar-refractivity contribution in [3.63, 3.8) is 0 Å². The molecule has 1 heterocycles. The van der Waals surface area contributed by atoms with E-state index in [1.165, 1.54) is 84.0 Å². The monoisotopic (exact) mass is 499 g/mol. The number of aliphatic imine (C=N–C) groups is 1. The van der Waals surface area contributed by atoms with Gasteiger partial charge in [0.2, 0.25) is 17.1 Å². The van der Waals surface area contributed by atoms with Gasteiger partial charge in [0, 0.05) is 55.2 Å². The van der Waals surface area contributed by atoms with E-state index < -0.39 is 0 Å². The predicted molar refractivity (Wildman–Crippen MR) is 162 cm³/mol. The molecule has 1 aliphatic rings. The Labute approximate surface area is 226 Å². The zero-order valence-corrected chi connectivity index (χ0v) is 26.2.